The van der Waals surface area contributed by atoms with Crippen molar-refractivity contribution in [1.82, 2.24) is 10.2 Å². The third-order valence-electron chi connectivity index (χ3n) is 6.93. The molecule has 7 nitrogen and oxygen atoms in total. The maximum atomic E-state index is 13.4. The van der Waals surface area contributed by atoms with Gasteiger partial charge in [0.2, 0.25) is 5.91 Å². The van der Waals surface area contributed by atoms with Crippen LogP contribution in [-0.2, 0) is 14.3 Å². The zero-order valence-corrected chi connectivity index (χ0v) is 20.9. The molecule has 1 saturated heterocycles. The molecule has 0 aromatic heterocycles. The summed E-state index contributed by atoms with van der Waals surface area (Å²) < 4.78 is 5.64. The Morgan fingerprint density at radius 3 is 2.31 bits per heavy atom. The normalized spacial score (nSPS) is 20.0. The number of fused-ring (bicyclic) bond motifs is 3. The molecule has 2 N–H and O–H groups in total. The smallest absolute Gasteiger partial charge is 0.407 e. The number of alkyl carbamates (subject to hydrolysis) is 1. The van der Waals surface area contributed by atoms with E-state index < -0.39 is 24.1 Å². The number of carbonyl (C=O) groups is 3. The fraction of sp³-hybridized carbons (Fsp3) is 0.444. The molecule has 1 aliphatic carbocycles. The molecular weight excluding hydrogens is 464 g/mol. The van der Waals surface area contributed by atoms with Gasteiger partial charge in [-0.3, -0.25) is 4.79 Å². The molecule has 35 heavy (non-hydrogen) atoms. The van der Waals surface area contributed by atoms with E-state index in [1.54, 1.807) is 11.8 Å². The third-order valence-corrected chi connectivity index (χ3v) is 7.57. The van der Waals surface area contributed by atoms with Gasteiger partial charge in [-0.25, -0.2) is 9.59 Å². The minimum atomic E-state index is -1.00. The molecule has 1 heterocycles. The van der Waals surface area contributed by atoms with E-state index in [-0.39, 0.29) is 24.3 Å². The Morgan fingerprint density at radius 1 is 1.09 bits per heavy atom. The van der Waals surface area contributed by atoms with Gasteiger partial charge >= 0.3 is 12.1 Å². The monoisotopic (exact) mass is 496 g/mol. The predicted molar refractivity (Wildman–Crippen MR) is 137 cm³/mol. The zero-order valence-electron chi connectivity index (χ0n) is 20.1. The first-order valence-electron chi connectivity index (χ1n) is 12.0. The highest BCUT2D eigenvalue weighted by Crippen LogP contribution is 2.44. The summed E-state index contributed by atoms with van der Waals surface area (Å²) in [6.45, 7) is 2.54. The summed E-state index contributed by atoms with van der Waals surface area (Å²) in [6, 6.07) is 14.5. The second-order valence-corrected chi connectivity index (χ2v) is 10.3. The molecule has 4 rings (SSSR count). The van der Waals surface area contributed by atoms with Crippen LogP contribution in [0.1, 0.15) is 43.2 Å². The number of thioether (sulfide) groups is 1. The van der Waals surface area contributed by atoms with Crippen LogP contribution in [0.2, 0.25) is 0 Å². The fourth-order valence-corrected chi connectivity index (χ4v) is 5.60. The van der Waals surface area contributed by atoms with Crippen LogP contribution in [0.5, 0.6) is 0 Å². The van der Waals surface area contributed by atoms with Crippen molar-refractivity contribution in [3.63, 3.8) is 0 Å². The van der Waals surface area contributed by atoms with Crippen LogP contribution in [-0.4, -0.2) is 65.2 Å². The van der Waals surface area contributed by atoms with Crippen molar-refractivity contribution in [3.8, 4) is 11.1 Å². The zero-order chi connectivity index (χ0) is 24.9. The van der Waals surface area contributed by atoms with E-state index >= 15 is 0 Å². The molecule has 2 unspecified atom stereocenters. The van der Waals surface area contributed by atoms with Gasteiger partial charge in [-0.15, -0.1) is 0 Å². The highest BCUT2D eigenvalue weighted by atomic mass is 32.2. The summed E-state index contributed by atoms with van der Waals surface area (Å²) >= 11 is 1.57. The number of aliphatic carboxylic acids is 1. The van der Waals surface area contributed by atoms with E-state index in [1.807, 2.05) is 37.4 Å². The van der Waals surface area contributed by atoms with Crippen LogP contribution < -0.4 is 5.32 Å². The van der Waals surface area contributed by atoms with Gasteiger partial charge in [0.05, 0.1) is 0 Å². The first-order chi connectivity index (χ1) is 16.9. The van der Waals surface area contributed by atoms with Crippen molar-refractivity contribution in [2.45, 2.75) is 44.2 Å². The highest BCUT2D eigenvalue weighted by molar-refractivity contribution is 7.98. The molecule has 3 atom stereocenters. The van der Waals surface area contributed by atoms with E-state index in [0.29, 0.717) is 25.1 Å². The van der Waals surface area contributed by atoms with E-state index in [9.17, 15) is 19.5 Å². The Morgan fingerprint density at radius 2 is 1.71 bits per heavy atom. The lowest BCUT2D eigenvalue weighted by molar-refractivity contribution is -0.154. The van der Waals surface area contributed by atoms with Crippen molar-refractivity contribution < 1.29 is 24.2 Å². The Hall–Kier alpha value is -3.00. The van der Waals surface area contributed by atoms with Gasteiger partial charge < -0.3 is 20.1 Å². The van der Waals surface area contributed by atoms with Crippen LogP contribution in [0.4, 0.5) is 4.79 Å². The number of rotatable bonds is 8. The Balaban J connectivity index is 1.45. The number of piperidine rings is 1. The second-order valence-electron chi connectivity index (χ2n) is 9.33. The number of carboxylic acids is 1. The number of carboxylic acid groups (broad SMARTS) is 1. The number of carbonyl (C=O) groups excluding carboxylic acids is 2. The maximum Gasteiger partial charge on any atom is 0.407 e. The van der Waals surface area contributed by atoms with E-state index in [4.69, 9.17) is 4.74 Å². The lowest BCUT2D eigenvalue weighted by atomic mass is 9.93. The Kier molecular flexibility index (Phi) is 8.00. The molecule has 1 aliphatic heterocycles. The minimum absolute atomic E-state index is 0.0761. The fourth-order valence-electron chi connectivity index (χ4n) is 5.13. The van der Waals surface area contributed by atoms with E-state index in [1.165, 1.54) is 4.90 Å². The molecule has 8 heteroatoms. The predicted octanol–water partition coefficient (Wildman–Crippen LogP) is 4.36. The topological polar surface area (TPSA) is 95.9 Å². The molecule has 0 spiro atoms. The van der Waals surface area contributed by atoms with Crippen molar-refractivity contribution in [2.75, 3.05) is 25.2 Å². The number of hydrogen-bond donors (Lipinski definition) is 2. The number of nitrogens with zero attached hydrogens (tertiary/aromatic N) is 1. The molecule has 186 valence electrons. The quantitative estimate of drug-likeness (QED) is 0.564. The van der Waals surface area contributed by atoms with Crippen molar-refractivity contribution in [3.05, 3.63) is 59.7 Å². The van der Waals surface area contributed by atoms with Crippen molar-refractivity contribution in [1.29, 1.82) is 0 Å². The molecule has 0 bridgehead atoms. The lowest BCUT2D eigenvalue weighted by Crippen LogP contribution is -2.57. The average Bonchev–Trinajstić information content (AvgIpc) is 3.18. The number of benzene rings is 2. The standard InChI is InChI=1S/C27H32N2O5S/c1-17-11-12-24(26(31)32)29(15-17)25(30)23(13-14-35-2)28-27(33)34-16-22-20-9-5-3-7-18(20)19-8-4-6-10-21(19)22/h3-10,17,22-24H,11-16H2,1-2H3,(H,28,33)(H,31,32)/t17?,23-,24?/m1/s1. The summed E-state index contributed by atoms with van der Waals surface area (Å²) in [6.07, 6.45) is 2.85. The van der Waals surface area contributed by atoms with Crippen LogP contribution in [0, 0.1) is 5.92 Å². The van der Waals surface area contributed by atoms with Gasteiger partial charge in [0.1, 0.15) is 18.7 Å². The van der Waals surface area contributed by atoms with Crippen LogP contribution in [0.15, 0.2) is 48.5 Å². The molecule has 1 fully saturated rings. The number of amides is 2. The third kappa shape index (κ3) is 5.48. The van der Waals surface area contributed by atoms with Gasteiger partial charge in [0.15, 0.2) is 0 Å². The number of ether oxygens (including phenoxy) is 1. The summed E-state index contributed by atoms with van der Waals surface area (Å²) in [7, 11) is 0. The highest BCUT2D eigenvalue weighted by Gasteiger charge is 2.38. The molecule has 0 radical (unpaired) electrons. The Labute approximate surface area is 210 Å². The minimum Gasteiger partial charge on any atom is -0.480 e. The summed E-state index contributed by atoms with van der Waals surface area (Å²) in [5.41, 5.74) is 4.51. The molecule has 2 aromatic rings. The van der Waals surface area contributed by atoms with Crippen LogP contribution in [0.3, 0.4) is 0 Å². The SMILES string of the molecule is CSCC[C@@H](NC(=O)OCC1c2ccccc2-c2ccccc21)C(=O)N1CC(C)CCC1C(=O)O. The van der Waals surface area contributed by atoms with Crippen LogP contribution >= 0.6 is 11.8 Å². The average molecular weight is 497 g/mol. The number of nitrogens with one attached hydrogen (secondary N) is 1. The summed E-state index contributed by atoms with van der Waals surface area (Å²) in [5, 5.41) is 12.4. The first kappa shape index (κ1) is 25.1. The number of likely N-dealkylation sites (tertiary alicyclic amines) is 1. The van der Waals surface area contributed by atoms with Gasteiger partial charge in [-0.1, -0.05) is 55.5 Å². The summed E-state index contributed by atoms with van der Waals surface area (Å²) in [4.78, 5) is 39.4. The van der Waals surface area contributed by atoms with Crippen molar-refractivity contribution >= 4 is 29.7 Å². The maximum absolute atomic E-state index is 13.4. The lowest BCUT2D eigenvalue weighted by Gasteiger charge is -2.38. The molecule has 2 aromatic carbocycles. The second kappa shape index (κ2) is 11.2. The van der Waals surface area contributed by atoms with Gasteiger partial charge in [0, 0.05) is 12.5 Å². The van der Waals surface area contributed by atoms with Crippen molar-refractivity contribution in [2.24, 2.45) is 5.92 Å². The molecule has 2 amide bonds. The number of hydrogen-bond acceptors (Lipinski definition) is 5. The van der Waals surface area contributed by atoms with Gasteiger partial charge in [-0.2, -0.15) is 11.8 Å². The van der Waals surface area contributed by atoms with Crippen LogP contribution in [0.25, 0.3) is 11.1 Å². The first-order valence-corrected chi connectivity index (χ1v) is 13.4. The summed E-state index contributed by atoms with van der Waals surface area (Å²) in [5.74, 6) is -0.569. The Bertz CT molecular complexity index is 1050. The van der Waals surface area contributed by atoms with E-state index in [2.05, 4.69) is 29.6 Å². The molecular formula is C27H32N2O5S. The van der Waals surface area contributed by atoms with Gasteiger partial charge in [0.25, 0.3) is 0 Å². The molecule has 2 aliphatic rings. The largest absolute Gasteiger partial charge is 0.480 e. The molecule has 0 saturated carbocycles. The van der Waals surface area contributed by atoms with Gasteiger partial charge in [-0.05, 0) is 59.4 Å². The van der Waals surface area contributed by atoms with E-state index in [0.717, 1.165) is 28.7 Å².